The lowest BCUT2D eigenvalue weighted by atomic mass is 9.89. The maximum Gasteiger partial charge on any atom is 0.318 e. The van der Waals surface area contributed by atoms with E-state index in [1.54, 1.807) is 0 Å². The van der Waals surface area contributed by atoms with E-state index in [0.717, 1.165) is 31.5 Å². The zero-order chi connectivity index (χ0) is 16.9. The second-order valence-corrected chi connectivity index (χ2v) is 6.57. The summed E-state index contributed by atoms with van der Waals surface area (Å²) in [6, 6.07) is 14.6. The molecule has 0 saturated heterocycles. The van der Waals surface area contributed by atoms with Crippen molar-refractivity contribution in [2.24, 2.45) is 0 Å². The largest absolute Gasteiger partial charge is 0.329 e. The number of nitrogens with zero attached hydrogens (tertiary/aromatic N) is 1. The Morgan fingerprint density at radius 3 is 2.26 bits per heavy atom. The molecule has 3 nitrogen and oxygen atoms in total. The number of nitrogens with one attached hydrogen (secondary N) is 1. The van der Waals surface area contributed by atoms with Crippen LogP contribution in [0.5, 0.6) is 0 Å². The van der Waals surface area contributed by atoms with Gasteiger partial charge in [0.15, 0.2) is 0 Å². The standard InChI is InChI=1S/C20H28N2O/c1-5-14-22(15-6-2)19(23)21-20(3,4)18-13-9-11-16-10-7-8-12-17(16)18/h7-13H,5-6,14-15H2,1-4H3,(H,21,23). The number of hydrogen-bond acceptors (Lipinski definition) is 1. The monoisotopic (exact) mass is 312 g/mol. The van der Waals surface area contributed by atoms with Crippen molar-refractivity contribution >= 4 is 16.8 Å². The van der Waals surface area contributed by atoms with Crippen molar-refractivity contribution < 1.29 is 4.79 Å². The van der Waals surface area contributed by atoms with Gasteiger partial charge in [0.1, 0.15) is 0 Å². The maximum absolute atomic E-state index is 12.7. The molecular formula is C20H28N2O. The quantitative estimate of drug-likeness (QED) is 0.808. The van der Waals surface area contributed by atoms with Gasteiger partial charge in [0.05, 0.1) is 5.54 Å². The van der Waals surface area contributed by atoms with Crippen LogP contribution in [0.1, 0.15) is 46.1 Å². The summed E-state index contributed by atoms with van der Waals surface area (Å²) < 4.78 is 0. The van der Waals surface area contributed by atoms with E-state index < -0.39 is 5.54 Å². The third-order valence-corrected chi connectivity index (χ3v) is 4.16. The average Bonchev–Trinajstić information content (AvgIpc) is 2.53. The molecule has 2 aromatic carbocycles. The van der Waals surface area contributed by atoms with E-state index in [0.29, 0.717) is 0 Å². The molecule has 0 fully saturated rings. The van der Waals surface area contributed by atoms with Gasteiger partial charge in [0.25, 0.3) is 0 Å². The lowest BCUT2D eigenvalue weighted by Crippen LogP contribution is -2.49. The average molecular weight is 312 g/mol. The molecule has 2 rings (SSSR count). The first-order valence-electron chi connectivity index (χ1n) is 8.55. The molecule has 0 heterocycles. The highest BCUT2D eigenvalue weighted by atomic mass is 16.2. The highest BCUT2D eigenvalue weighted by molar-refractivity contribution is 5.87. The maximum atomic E-state index is 12.7. The fraction of sp³-hybridized carbons (Fsp3) is 0.450. The number of carbonyl (C=O) groups is 1. The number of benzene rings is 2. The van der Waals surface area contributed by atoms with Gasteiger partial charge in [-0.1, -0.05) is 56.3 Å². The summed E-state index contributed by atoms with van der Waals surface area (Å²) in [6.45, 7) is 9.94. The number of carbonyl (C=O) groups excluding carboxylic acids is 1. The molecule has 23 heavy (non-hydrogen) atoms. The third kappa shape index (κ3) is 4.04. The fourth-order valence-corrected chi connectivity index (χ4v) is 3.04. The van der Waals surface area contributed by atoms with Crippen molar-refractivity contribution in [2.75, 3.05) is 13.1 Å². The van der Waals surface area contributed by atoms with Gasteiger partial charge in [0, 0.05) is 13.1 Å². The Balaban J connectivity index is 2.28. The molecular weight excluding hydrogens is 284 g/mol. The smallest absolute Gasteiger partial charge is 0.318 e. The van der Waals surface area contributed by atoms with Gasteiger partial charge in [-0.05, 0) is 43.0 Å². The van der Waals surface area contributed by atoms with Crippen LogP contribution in [0.2, 0.25) is 0 Å². The molecule has 0 atom stereocenters. The van der Waals surface area contributed by atoms with Crippen LogP contribution in [-0.4, -0.2) is 24.0 Å². The normalized spacial score (nSPS) is 11.5. The topological polar surface area (TPSA) is 32.3 Å². The Hall–Kier alpha value is -2.03. The predicted molar refractivity (Wildman–Crippen MR) is 97.7 cm³/mol. The highest BCUT2D eigenvalue weighted by Gasteiger charge is 2.26. The molecule has 1 N–H and O–H groups in total. The van der Waals surface area contributed by atoms with Gasteiger partial charge >= 0.3 is 6.03 Å². The third-order valence-electron chi connectivity index (χ3n) is 4.16. The van der Waals surface area contributed by atoms with Crippen LogP contribution in [0.15, 0.2) is 42.5 Å². The van der Waals surface area contributed by atoms with Crippen molar-refractivity contribution in [1.29, 1.82) is 0 Å². The zero-order valence-corrected chi connectivity index (χ0v) is 14.7. The second kappa shape index (κ2) is 7.49. The summed E-state index contributed by atoms with van der Waals surface area (Å²) in [6.07, 6.45) is 1.95. The molecule has 0 aromatic heterocycles. The van der Waals surface area contributed by atoms with Crippen molar-refractivity contribution in [3.05, 3.63) is 48.0 Å². The molecule has 0 bridgehead atoms. The van der Waals surface area contributed by atoms with E-state index in [4.69, 9.17) is 0 Å². The van der Waals surface area contributed by atoms with Gasteiger partial charge < -0.3 is 10.2 Å². The second-order valence-electron chi connectivity index (χ2n) is 6.57. The molecule has 124 valence electrons. The molecule has 0 unspecified atom stereocenters. The number of rotatable bonds is 6. The summed E-state index contributed by atoms with van der Waals surface area (Å²) >= 11 is 0. The first-order valence-corrected chi connectivity index (χ1v) is 8.55. The molecule has 2 aromatic rings. The number of urea groups is 1. The van der Waals surface area contributed by atoms with Crippen LogP contribution in [0, 0.1) is 0 Å². The molecule has 0 saturated carbocycles. The van der Waals surface area contributed by atoms with E-state index in [9.17, 15) is 4.79 Å². The molecule has 2 amide bonds. The van der Waals surface area contributed by atoms with Gasteiger partial charge in [-0.25, -0.2) is 4.79 Å². The Morgan fingerprint density at radius 2 is 1.61 bits per heavy atom. The van der Waals surface area contributed by atoms with E-state index in [1.165, 1.54) is 10.8 Å². The Labute approximate surface area is 139 Å². The van der Waals surface area contributed by atoms with Crippen LogP contribution in [0.3, 0.4) is 0 Å². The molecule has 0 aliphatic carbocycles. The number of amides is 2. The molecule has 0 radical (unpaired) electrons. The Kier molecular flexibility index (Phi) is 5.64. The summed E-state index contributed by atoms with van der Waals surface area (Å²) in [7, 11) is 0. The molecule has 3 heteroatoms. The lowest BCUT2D eigenvalue weighted by Gasteiger charge is -2.32. The molecule has 0 spiro atoms. The Bertz CT molecular complexity index is 652. The molecule has 0 aliphatic heterocycles. The van der Waals surface area contributed by atoms with E-state index in [-0.39, 0.29) is 6.03 Å². The van der Waals surface area contributed by atoms with Crippen molar-refractivity contribution in [3.8, 4) is 0 Å². The fourth-order valence-electron chi connectivity index (χ4n) is 3.04. The number of fused-ring (bicyclic) bond motifs is 1. The summed E-state index contributed by atoms with van der Waals surface area (Å²) in [4.78, 5) is 14.6. The van der Waals surface area contributed by atoms with E-state index in [1.807, 2.05) is 17.0 Å². The predicted octanol–water partition coefficient (Wildman–Crippen LogP) is 4.91. The molecule has 0 aliphatic rings. The van der Waals surface area contributed by atoms with Crippen LogP contribution in [-0.2, 0) is 5.54 Å². The first kappa shape index (κ1) is 17.3. The van der Waals surface area contributed by atoms with Crippen LogP contribution >= 0.6 is 0 Å². The van der Waals surface area contributed by atoms with Crippen LogP contribution < -0.4 is 5.32 Å². The van der Waals surface area contributed by atoms with Gasteiger partial charge in [-0.2, -0.15) is 0 Å². The summed E-state index contributed by atoms with van der Waals surface area (Å²) in [5.41, 5.74) is 0.731. The summed E-state index contributed by atoms with van der Waals surface area (Å²) in [5.74, 6) is 0. The van der Waals surface area contributed by atoms with Gasteiger partial charge in [-0.3, -0.25) is 0 Å². The highest BCUT2D eigenvalue weighted by Crippen LogP contribution is 2.28. The SMILES string of the molecule is CCCN(CCC)C(=O)NC(C)(C)c1cccc2ccccc12. The van der Waals surface area contributed by atoms with Crippen molar-refractivity contribution in [2.45, 2.75) is 46.1 Å². The minimum absolute atomic E-state index is 0.0200. The van der Waals surface area contributed by atoms with Gasteiger partial charge in [-0.15, -0.1) is 0 Å². The summed E-state index contributed by atoms with van der Waals surface area (Å²) in [5, 5.41) is 5.61. The number of hydrogen-bond donors (Lipinski definition) is 1. The minimum atomic E-state index is -0.419. The zero-order valence-electron chi connectivity index (χ0n) is 14.7. The van der Waals surface area contributed by atoms with Crippen LogP contribution in [0.4, 0.5) is 4.79 Å². The van der Waals surface area contributed by atoms with Gasteiger partial charge in [0.2, 0.25) is 0 Å². The minimum Gasteiger partial charge on any atom is -0.329 e. The van der Waals surface area contributed by atoms with E-state index in [2.05, 4.69) is 63.3 Å². The van der Waals surface area contributed by atoms with Crippen LogP contribution in [0.25, 0.3) is 10.8 Å². The van der Waals surface area contributed by atoms with E-state index >= 15 is 0 Å². The lowest BCUT2D eigenvalue weighted by molar-refractivity contribution is 0.186. The van der Waals surface area contributed by atoms with Crippen molar-refractivity contribution in [1.82, 2.24) is 10.2 Å². The Morgan fingerprint density at radius 1 is 1.00 bits per heavy atom. The first-order chi connectivity index (χ1) is 11.0. The van der Waals surface area contributed by atoms with Crippen molar-refractivity contribution in [3.63, 3.8) is 0 Å².